The largest absolute Gasteiger partial charge is 0.495 e. The third-order valence-corrected chi connectivity index (χ3v) is 6.09. The first-order chi connectivity index (χ1) is 17.4. The third-order valence-electron chi connectivity index (χ3n) is 6.09. The van der Waals surface area contributed by atoms with Crippen molar-refractivity contribution in [3.63, 3.8) is 0 Å². The van der Waals surface area contributed by atoms with Crippen molar-refractivity contribution in [2.75, 3.05) is 36.1 Å². The van der Waals surface area contributed by atoms with Gasteiger partial charge in [-0.1, -0.05) is 12.1 Å². The number of nitrogens with zero attached hydrogens (tertiary/aromatic N) is 1. The van der Waals surface area contributed by atoms with Gasteiger partial charge in [0.15, 0.2) is 0 Å². The van der Waals surface area contributed by atoms with E-state index in [1.165, 1.54) is 30.5 Å². The van der Waals surface area contributed by atoms with Gasteiger partial charge < -0.3 is 30.0 Å². The van der Waals surface area contributed by atoms with E-state index in [0.717, 1.165) is 0 Å². The second kappa shape index (κ2) is 10.9. The SMILES string of the molecule is COc1ccccc1NC(=O)C1CCN(C(=O)Nc2ccc(F)c(NC(=O)c3ccoc3C)c2)CC1. The Morgan fingerprint density at radius 2 is 1.75 bits per heavy atom. The minimum atomic E-state index is -0.635. The van der Waals surface area contributed by atoms with Crippen molar-refractivity contribution in [1.29, 1.82) is 0 Å². The lowest BCUT2D eigenvalue weighted by Gasteiger charge is -2.31. The molecule has 0 radical (unpaired) electrons. The second-order valence-electron chi connectivity index (χ2n) is 8.42. The molecule has 1 aliphatic rings. The molecular formula is C26H27FN4O5. The fourth-order valence-electron chi connectivity index (χ4n) is 4.04. The summed E-state index contributed by atoms with van der Waals surface area (Å²) in [5.41, 5.74) is 1.16. The Morgan fingerprint density at radius 1 is 1.00 bits per heavy atom. The molecule has 10 heteroatoms. The van der Waals surface area contributed by atoms with Gasteiger partial charge in [-0.25, -0.2) is 9.18 Å². The van der Waals surface area contributed by atoms with E-state index in [4.69, 9.17) is 9.15 Å². The molecule has 2 aromatic carbocycles. The normalized spacial score (nSPS) is 13.7. The van der Waals surface area contributed by atoms with Gasteiger partial charge in [-0.15, -0.1) is 0 Å². The number of benzene rings is 2. The van der Waals surface area contributed by atoms with Crippen LogP contribution in [0.3, 0.4) is 0 Å². The number of hydrogen-bond acceptors (Lipinski definition) is 5. The zero-order valence-electron chi connectivity index (χ0n) is 20.0. The molecule has 0 bridgehead atoms. The van der Waals surface area contributed by atoms with Crippen LogP contribution >= 0.6 is 0 Å². The molecule has 0 unspecified atom stereocenters. The lowest BCUT2D eigenvalue weighted by molar-refractivity contribution is -0.121. The fraction of sp³-hybridized carbons (Fsp3) is 0.269. The molecule has 3 aromatic rings. The van der Waals surface area contributed by atoms with Crippen LogP contribution < -0.4 is 20.7 Å². The molecule has 1 aliphatic heterocycles. The Kier molecular flexibility index (Phi) is 7.53. The maximum absolute atomic E-state index is 14.3. The lowest BCUT2D eigenvalue weighted by Crippen LogP contribution is -2.43. The quantitative estimate of drug-likeness (QED) is 0.453. The zero-order chi connectivity index (χ0) is 25.7. The van der Waals surface area contributed by atoms with E-state index in [-0.39, 0.29) is 23.5 Å². The van der Waals surface area contributed by atoms with Gasteiger partial charge in [-0.05, 0) is 56.2 Å². The van der Waals surface area contributed by atoms with Crippen LogP contribution in [0.5, 0.6) is 5.75 Å². The van der Waals surface area contributed by atoms with E-state index in [9.17, 15) is 18.8 Å². The second-order valence-corrected chi connectivity index (χ2v) is 8.42. The number of anilines is 3. The number of para-hydroxylation sites is 2. The van der Waals surface area contributed by atoms with Crippen molar-refractivity contribution in [2.45, 2.75) is 19.8 Å². The summed E-state index contributed by atoms with van der Waals surface area (Å²) in [5.74, 6) is -0.513. The minimum absolute atomic E-state index is 0.0647. The van der Waals surface area contributed by atoms with Crippen LogP contribution in [0, 0.1) is 18.7 Å². The molecule has 2 heterocycles. The first-order valence-corrected chi connectivity index (χ1v) is 11.5. The van der Waals surface area contributed by atoms with Crippen molar-refractivity contribution < 1.29 is 27.9 Å². The highest BCUT2D eigenvalue weighted by molar-refractivity contribution is 6.05. The monoisotopic (exact) mass is 494 g/mol. The number of piperidine rings is 1. The van der Waals surface area contributed by atoms with E-state index in [1.807, 2.05) is 12.1 Å². The molecule has 4 amide bonds. The minimum Gasteiger partial charge on any atom is -0.495 e. The molecule has 1 saturated heterocycles. The van der Waals surface area contributed by atoms with E-state index >= 15 is 0 Å². The number of urea groups is 1. The summed E-state index contributed by atoms with van der Waals surface area (Å²) in [6.07, 6.45) is 2.38. The van der Waals surface area contributed by atoms with Gasteiger partial charge in [-0.3, -0.25) is 9.59 Å². The number of carbonyl (C=O) groups excluding carboxylic acids is 3. The van der Waals surface area contributed by atoms with Gasteiger partial charge in [0.1, 0.15) is 17.3 Å². The Bertz CT molecular complexity index is 1270. The number of rotatable bonds is 6. The van der Waals surface area contributed by atoms with Crippen molar-refractivity contribution >= 4 is 34.9 Å². The summed E-state index contributed by atoms with van der Waals surface area (Å²) in [6, 6.07) is 12.2. The Labute approximate surface area is 207 Å². The first kappa shape index (κ1) is 24.8. The van der Waals surface area contributed by atoms with Gasteiger partial charge in [0.25, 0.3) is 5.91 Å². The average Bonchev–Trinajstić information content (AvgIpc) is 3.32. The summed E-state index contributed by atoms with van der Waals surface area (Å²) in [6.45, 7) is 2.41. The summed E-state index contributed by atoms with van der Waals surface area (Å²) in [5, 5.41) is 8.13. The molecule has 1 fully saturated rings. The summed E-state index contributed by atoms with van der Waals surface area (Å²) in [4.78, 5) is 39.5. The molecule has 4 rings (SSSR count). The van der Waals surface area contributed by atoms with Crippen LogP contribution in [0.4, 0.5) is 26.2 Å². The number of carbonyl (C=O) groups is 3. The van der Waals surface area contributed by atoms with Gasteiger partial charge >= 0.3 is 6.03 Å². The summed E-state index contributed by atoms with van der Waals surface area (Å²) >= 11 is 0. The number of methoxy groups -OCH3 is 1. The maximum atomic E-state index is 14.3. The van der Waals surface area contributed by atoms with Crippen LogP contribution in [0.25, 0.3) is 0 Å². The smallest absolute Gasteiger partial charge is 0.321 e. The predicted molar refractivity (Wildman–Crippen MR) is 133 cm³/mol. The number of hydrogen-bond donors (Lipinski definition) is 3. The van der Waals surface area contributed by atoms with Gasteiger partial charge in [-0.2, -0.15) is 0 Å². The molecule has 0 saturated carbocycles. The van der Waals surface area contributed by atoms with Gasteiger partial charge in [0, 0.05) is 24.7 Å². The highest BCUT2D eigenvalue weighted by atomic mass is 19.1. The number of furan rings is 1. The molecule has 3 N–H and O–H groups in total. The molecule has 0 atom stereocenters. The Morgan fingerprint density at radius 3 is 2.44 bits per heavy atom. The molecule has 36 heavy (non-hydrogen) atoms. The van der Waals surface area contributed by atoms with Crippen molar-refractivity contribution in [3.05, 3.63) is 71.9 Å². The number of ether oxygens (including phenoxy) is 1. The van der Waals surface area contributed by atoms with E-state index in [0.29, 0.717) is 54.4 Å². The topological polar surface area (TPSA) is 113 Å². The van der Waals surface area contributed by atoms with Crippen LogP contribution in [0.15, 0.2) is 59.2 Å². The fourth-order valence-corrected chi connectivity index (χ4v) is 4.04. The molecular weight excluding hydrogens is 467 g/mol. The van der Waals surface area contributed by atoms with Crippen molar-refractivity contribution in [1.82, 2.24) is 4.90 Å². The van der Waals surface area contributed by atoms with Crippen LogP contribution in [-0.4, -0.2) is 42.9 Å². The van der Waals surface area contributed by atoms with E-state index < -0.39 is 11.7 Å². The molecule has 0 aliphatic carbocycles. The summed E-state index contributed by atoms with van der Waals surface area (Å²) < 4.78 is 24.7. The van der Waals surface area contributed by atoms with Crippen LogP contribution in [0.2, 0.25) is 0 Å². The molecule has 0 spiro atoms. The average molecular weight is 495 g/mol. The molecule has 9 nitrogen and oxygen atoms in total. The van der Waals surface area contributed by atoms with Crippen LogP contribution in [0.1, 0.15) is 29.0 Å². The standard InChI is InChI=1S/C26H27FN4O5/c1-16-19(11-14-36-16)25(33)30-22-15-18(7-8-20(22)27)28-26(34)31-12-9-17(10-13-31)24(32)29-21-5-3-4-6-23(21)35-2/h3-8,11,14-15,17H,9-10,12-13H2,1-2H3,(H,28,34)(H,29,32)(H,30,33). The Hall–Kier alpha value is -4.34. The first-order valence-electron chi connectivity index (χ1n) is 11.5. The van der Waals surface area contributed by atoms with Crippen LogP contribution in [-0.2, 0) is 4.79 Å². The van der Waals surface area contributed by atoms with Crippen molar-refractivity contribution in [3.8, 4) is 5.75 Å². The van der Waals surface area contributed by atoms with Crippen molar-refractivity contribution in [2.24, 2.45) is 5.92 Å². The molecule has 1 aromatic heterocycles. The van der Waals surface area contributed by atoms with E-state index in [1.54, 1.807) is 31.1 Å². The van der Waals surface area contributed by atoms with Gasteiger partial charge in [0.2, 0.25) is 5.91 Å². The highest BCUT2D eigenvalue weighted by Crippen LogP contribution is 2.26. The lowest BCUT2D eigenvalue weighted by atomic mass is 9.96. The Balaban J connectivity index is 1.32. The highest BCUT2D eigenvalue weighted by Gasteiger charge is 2.28. The van der Waals surface area contributed by atoms with Gasteiger partial charge in [0.05, 0.1) is 30.3 Å². The third kappa shape index (κ3) is 5.65. The maximum Gasteiger partial charge on any atom is 0.321 e. The van der Waals surface area contributed by atoms with E-state index in [2.05, 4.69) is 16.0 Å². The predicted octanol–water partition coefficient (Wildman–Crippen LogP) is 4.87. The molecule has 188 valence electrons. The number of likely N-dealkylation sites (tertiary alicyclic amines) is 1. The number of amides is 4. The zero-order valence-corrected chi connectivity index (χ0v) is 20.0. The number of aryl methyl sites for hydroxylation is 1. The number of halogens is 1. The summed E-state index contributed by atoms with van der Waals surface area (Å²) in [7, 11) is 1.54. The number of nitrogens with one attached hydrogen (secondary N) is 3.